The molecular weight excluding hydrogens is 684 g/mol. The maximum atomic E-state index is 13.3. The fraction of sp³-hybridized carbons (Fsp3) is 0.643. The minimum absolute atomic E-state index is 0.00472. The number of carbonyl (C=O) groups is 7. The second-order valence-corrected chi connectivity index (χ2v) is 11.5. The second-order valence-electron chi connectivity index (χ2n) is 11.2. The predicted molar refractivity (Wildman–Crippen MR) is 177 cm³/mol. The Kier molecular flexibility index (Phi) is 20.1. The van der Waals surface area contributed by atoms with E-state index in [-0.39, 0.29) is 43.9 Å². The Labute approximate surface area is 292 Å². The van der Waals surface area contributed by atoms with Crippen molar-refractivity contribution in [2.24, 2.45) is 5.73 Å². The van der Waals surface area contributed by atoms with Gasteiger partial charge in [-0.15, -0.1) is 5.10 Å². The summed E-state index contributed by atoms with van der Waals surface area (Å²) in [6.07, 6.45) is 1.55. The lowest BCUT2D eigenvalue weighted by atomic mass is 10.1. The average Bonchev–Trinajstić information content (AvgIpc) is 3.49. The third kappa shape index (κ3) is 18.5. The predicted octanol–water partition coefficient (Wildman–Crippen LogP) is -3.07. The SMILES string of the molecule is N=C(N)NCCC[C@H](NC(=O)[C@H](CC(=O)O)NC(=O)CCCCn1cc(CCCC(=O)O)nn1)C(=O)N[C@@H](CC(=O)O)C(=O)N[C@H](CO)CS. The second kappa shape index (κ2) is 23.4. The van der Waals surface area contributed by atoms with E-state index in [1.807, 2.05) is 0 Å². The molecule has 0 bridgehead atoms. The summed E-state index contributed by atoms with van der Waals surface area (Å²) in [7, 11) is 0. The van der Waals surface area contributed by atoms with Crippen molar-refractivity contribution in [3.63, 3.8) is 0 Å². The third-order valence-electron chi connectivity index (χ3n) is 6.90. The van der Waals surface area contributed by atoms with Gasteiger partial charge < -0.3 is 52.7 Å². The number of guanidine groups is 1. The van der Waals surface area contributed by atoms with Crippen LogP contribution in [-0.4, -0.2) is 126 Å². The van der Waals surface area contributed by atoms with E-state index in [1.54, 1.807) is 10.9 Å². The number of carbonyl (C=O) groups excluding carboxylic acids is 4. The molecule has 0 aromatic carbocycles. The number of carboxylic acids is 3. The summed E-state index contributed by atoms with van der Waals surface area (Å²) in [6.45, 7) is -0.0322. The maximum Gasteiger partial charge on any atom is 0.305 e. The zero-order chi connectivity index (χ0) is 37.6. The standard InChI is InChI=1S/C28H46N10O11S/c29-28(30)31-9-4-6-18(25(47)35-20(12-24(45)46)26(48)32-17(14-39)15-50)34-27(49)19(11-23(43)44)33-21(40)7-1-2-10-38-13-16(36-37-38)5-3-8-22(41)42/h13,17-20,39,50H,1-12,14-15H2,(H,32,48)(H,33,40)(H,34,49)(H,35,47)(H,41,42)(H,43,44)(H,45,46)(H4,29,30,31)/t17-,18+,19+,20+/m1/s1. The number of aromatic nitrogens is 3. The summed E-state index contributed by atoms with van der Waals surface area (Å²) in [5.74, 6) is -7.74. The van der Waals surface area contributed by atoms with Crippen LogP contribution < -0.4 is 32.3 Å². The van der Waals surface area contributed by atoms with Crippen molar-refractivity contribution in [1.29, 1.82) is 5.41 Å². The van der Waals surface area contributed by atoms with E-state index in [9.17, 15) is 48.9 Å². The van der Waals surface area contributed by atoms with Crippen LogP contribution in [0.4, 0.5) is 0 Å². The van der Waals surface area contributed by atoms with Crippen molar-refractivity contribution in [1.82, 2.24) is 41.6 Å². The first-order valence-corrected chi connectivity index (χ1v) is 16.3. The first-order chi connectivity index (χ1) is 23.6. The number of carboxylic acid groups (broad SMARTS) is 3. The molecule has 0 spiro atoms. The molecule has 0 aliphatic carbocycles. The molecule has 0 radical (unpaired) electrons. The Morgan fingerprint density at radius 2 is 1.42 bits per heavy atom. The van der Waals surface area contributed by atoms with Crippen LogP contribution in [0.2, 0.25) is 0 Å². The summed E-state index contributed by atoms with van der Waals surface area (Å²) in [6, 6.07) is -5.51. The number of aliphatic carboxylic acids is 3. The lowest BCUT2D eigenvalue weighted by molar-refractivity contribution is -0.141. The number of thiol groups is 1. The number of rotatable bonds is 26. The van der Waals surface area contributed by atoms with E-state index in [2.05, 4.69) is 49.5 Å². The van der Waals surface area contributed by atoms with Crippen molar-refractivity contribution < 1.29 is 54.0 Å². The van der Waals surface area contributed by atoms with Crippen molar-refractivity contribution in [3.8, 4) is 0 Å². The van der Waals surface area contributed by atoms with Gasteiger partial charge in [-0.2, -0.15) is 12.6 Å². The Hall–Kier alpha value is -4.99. The van der Waals surface area contributed by atoms with E-state index in [4.69, 9.17) is 16.2 Å². The van der Waals surface area contributed by atoms with Gasteiger partial charge >= 0.3 is 17.9 Å². The molecule has 0 saturated carbocycles. The highest BCUT2D eigenvalue weighted by Gasteiger charge is 2.32. The van der Waals surface area contributed by atoms with Crippen LogP contribution in [0.15, 0.2) is 6.20 Å². The zero-order valence-corrected chi connectivity index (χ0v) is 28.2. The van der Waals surface area contributed by atoms with E-state index in [1.165, 1.54) is 0 Å². The highest BCUT2D eigenvalue weighted by Crippen LogP contribution is 2.06. The van der Waals surface area contributed by atoms with E-state index >= 15 is 0 Å². The quantitative estimate of drug-likeness (QED) is 0.0195. The van der Waals surface area contributed by atoms with Gasteiger partial charge in [-0.05, 0) is 38.5 Å². The molecular formula is C28H46N10O11S. The van der Waals surface area contributed by atoms with Gasteiger partial charge in [-0.1, -0.05) is 5.21 Å². The number of aliphatic hydroxyl groups excluding tert-OH is 1. The first kappa shape index (κ1) is 43.0. The number of nitrogens with zero attached hydrogens (tertiary/aromatic N) is 3. The van der Waals surface area contributed by atoms with Crippen molar-refractivity contribution in [2.45, 2.75) is 94.9 Å². The Bertz CT molecular complexity index is 1320. The maximum absolute atomic E-state index is 13.3. The lowest BCUT2D eigenvalue weighted by Gasteiger charge is -2.25. The molecule has 1 rings (SSSR count). The molecule has 1 heterocycles. The number of aliphatic hydroxyl groups is 1. The number of hydrogen-bond acceptors (Lipinski definition) is 12. The van der Waals surface area contributed by atoms with Crippen molar-refractivity contribution in [3.05, 3.63) is 11.9 Å². The van der Waals surface area contributed by atoms with Crippen LogP contribution in [0.3, 0.4) is 0 Å². The van der Waals surface area contributed by atoms with Crippen LogP contribution in [-0.2, 0) is 46.5 Å². The Balaban J connectivity index is 2.91. The van der Waals surface area contributed by atoms with Gasteiger partial charge in [0.05, 0.1) is 31.2 Å². The number of amides is 4. The molecule has 22 heteroatoms. The van der Waals surface area contributed by atoms with Gasteiger partial charge in [0, 0.05) is 37.9 Å². The molecule has 0 saturated heterocycles. The lowest BCUT2D eigenvalue weighted by Crippen LogP contribution is -2.58. The first-order valence-electron chi connectivity index (χ1n) is 15.7. The normalized spacial score (nSPS) is 13.2. The van der Waals surface area contributed by atoms with Crippen LogP contribution in [0, 0.1) is 5.41 Å². The van der Waals surface area contributed by atoms with E-state index in [0.717, 1.165) is 0 Å². The van der Waals surface area contributed by atoms with Crippen molar-refractivity contribution >= 4 is 60.1 Å². The molecule has 1 aromatic rings. The largest absolute Gasteiger partial charge is 0.481 e. The minimum Gasteiger partial charge on any atom is -0.481 e. The number of nitrogens with one attached hydrogen (secondary N) is 6. The van der Waals surface area contributed by atoms with Crippen LogP contribution in [0.1, 0.15) is 63.5 Å². The fourth-order valence-corrected chi connectivity index (χ4v) is 4.58. The van der Waals surface area contributed by atoms with Gasteiger partial charge in [0.25, 0.3) is 0 Å². The van der Waals surface area contributed by atoms with E-state index < -0.39 is 85.2 Å². The van der Waals surface area contributed by atoms with Crippen LogP contribution in [0.5, 0.6) is 0 Å². The topological polar surface area (TPSA) is 341 Å². The summed E-state index contributed by atoms with van der Waals surface area (Å²) in [5.41, 5.74) is 5.89. The third-order valence-corrected chi connectivity index (χ3v) is 7.34. The van der Waals surface area contributed by atoms with Gasteiger partial charge in [-0.3, -0.25) is 43.7 Å². The number of unbranched alkanes of at least 4 members (excludes halogenated alkanes) is 1. The van der Waals surface area contributed by atoms with Crippen molar-refractivity contribution in [2.75, 3.05) is 18.9 Å². The Morgan fingerprint density at radius 1 is 0.820 bits per heavy atom. The van der Waals surface area contributed by atoms with Gasteiger partial charge in [0.15, 0.2) is 5.96 Å². The molecule has 12 N–H and O–H groups in total. The molecule has 280 valence electrons. The molecule has 1 aromatic heterocycles. The van der Waals surface area contributed by atoms with E-state index in [0.29, 0.717) is 37.9 Å². The summed E-state index contributed by atoms with van der Waals surface area (Å²) in [5, 5.41) is 63.8. The number of nitrogens with two attached hydrogens (primary N) is 1. The average molecular weight is 731 g/mol. The molecule has 4 atom stereocenters. The highest BCUT2D eigenvalue weighted by molar-refractivity contribution is 7.80. The smallest absolute Gasteiger partial charge is 0.305 e. The summed E-state index contributed by atoms with van der Waals surface area (Å²) >= 11 is 3.98. The van der Waals surface area contributed by atoms with Gasteiger partial charge in [-0.25, -0.2) is 0 Å². The van der Waals surface area contributed by atoms with Crippen LogP contribution in [0.25, 0.3) is 0 Å². The molecule has 0 fully saturated rings. The van der Waals surface area contributed by atoms with Gasteiger partial charge in [0.1, 0.15) is 18.1 Å². The van der Waals surface area contributed by atoms with Crippen LogP contribution >= 0.6 is 12.6 Å². The molecule has 0 aliphatic heterocycles. The highest BCUT2D eigenvalue weighted by atomic mass is 32.1. The monoisotopic (exact) mass is 730 g/mol. The van der Waals surface area contributed by atoms with Gasteiger partial charge in [0.2, 0.25) is 23.6 Å². The molecule has 4 amide bonds. The minimum atomic E-state index is -1.63. The Morgan fingerprint density at radius 3 is 2.00 bits per heavy atom. The molecule has 0 aliphatic rings. The fourth-order valence-electron chi connectivity index (χ4n) is 4.37. The number of aryl methyl sites for hydroxylation is 2. The summed E-state index contributed by atoms with van der Waals surface area (Å²) in [4.78, 5) is 85.5. The summed E-state index contributed by atoms with van der Waals surface area (Å²) < 4.78 is 1.54. The molecule has 0 unspecified atom stereocenters. The molecule has 21 nitrogen and oxygen atoms in total. The zero-order valence-electron chi connectivity index (χ0n) is 27.3. The molecule has 50 heavy (non-hydrogen) atoms. The number of hydrogen-bond donors (Lipinski definition) is 12.